The maximum Gasteiger partial charge on any atom is 0.272 e. The van der Waals surface area contributed by atoms with E-state index in [2.05, 4.69) is 6.92 Å². The van der Waals surface area contributed by atoms with Gasteiger partial charge in [-0.15, -0.1) is 0 Å². The van der Waals surface area contributed by atoms with Gasteiger partial charge >= 0.3 is 0 Å². The van der Waals surface area contributed by atoms with Crippen LogP contribution in [0.3, 0.4) is 0 Å². The molecule has 3 amide bonds. The second-order valence-corrected chi connectivity index (χ2v) is 10.6. The van der Waals surface area contributed by atoms with E-state index in [-0.39, 0.29) is 12.3 Å². The lowest BCUT2D eigenvalue weighted by atomic mass is 10.0. The molecule has 1 aliphatic rings. The van der Waals surface area contributed by atoms with Gasteiger partial charge in [0.2, 0.25) is 5.91 Å². The number of rotatable bonds is 25. The molecule has 0 atom stereocenters. The Balaban J connectivity index is 1.85. The summed E-state index contributed by atoms with van der Waals surface area (Å²) in [6.07, 6.45) is 32.2. The van der Waals surface area contributed by atoms with Crippen LogP contribution >= 0.6 is 0 Å². The molecule has 0 fully saturated rings. The van der Waals surface area contributed by atoms with E-state index in [4.69, 9.17) is 0 Å². The van der Waals surface area contributed by atoms with Crippen molar-refractivity contribution in [2.24, 2.45) is 0 Å². The Morgan fingerprint density at radius 1 is 0.556 bits per heavy atom. The summed E-state index contributed by atoms with van der Waals surface area (Å²) in [7, 11) is 0. The van der Waals surface area contributed by atoms with Crippen molar-refractivity contribution in [3.63, 3.8) is 0 Å². The first-order chi connectivity index (χ1) is 17.6. The molecule has 0 aromatic heterocycles. The summed E-state index contributed by atoms with van der Waals surface area (Å²) < 4.78 is 0. The van der Waals surface area contributed by atoms with Crippen molar-refractivity contribution in [3.8, 4) is 0 Å². The molecular formula is C31H56N2O3. The lowest BCUT2D eigenvalue weighted by molar-refractivity contribution is -0.167. The Bertz CT molecular complexity index is 599. The van der Waals surface area contributed by atoms with Crippen LogP contribution in [0.15, 0.2) is 12.2 Å². The maximum absolute atomic E-state index is 12.2. The van der Waals surface area contributed by atoms with Gasteiger partial charge in [0.1, 0.15) is 0 Å². The van der Waals surface area contributed by atoms with Crippen LogP contribution in [0.4, 0.5) is 0 Å². The summed E-state index contributed by atoms with van der Waals surface area (Å²) in [6.45, 7) is 4.48. The maximum atomic E-state index is 12.2. The summed E-state index contributed by atoms with van der Waals surface area (Å²) in [5, 5.41) is 2.32. The van der Waals surface area contributed by atoms with Gasteiger partial charge in [-0.3, -0.25) is 14.4 Å². The number of nitrogens with zero attached hydrogens (tertiary/aromatic N) is 2. The lowest BCUT2D eigenvalue weighted by Crippen LogP contribution is -2.50. The van der Waals surface area contributed by atoms with Gasteiger partial charge in [-0.1, -0.05) is 149 Å². The number of carbonyl (C=O) groups is 3. The van der Waals surface area contributed by atoms with Gasteiger partial charge in [0.05, 0.1) is 0 Å². The van der Waals surface area contributed by atoms with Crippen molar-refractivity contribution < 1.29 is 14.4 Å². The van der Waals surface area contributed by atoms with Gasteiger partial charge in [0.15, 0.2) is 0 Å². The van der Waals surface area contributed by atoms with E-state index in [1.165, 1.54) is 139 Å². The number of carbonyl (C=O) groups excluding carboxylic acids is 3. The van der Waals surface area contributed by atoms with Crippen LogP contribution in [0.5, 0.6) is 0 Å². The molecule has 0 aromatic carbocycles. The molecule has 1 aliphatic heterocycles. The highest BCUT2D eigenvalue weighted by Gasteiger charge is 2.31. The minimum Gasteiger partial charge on any atom is -0.273 e. The highest BCUT2D eigenvalue weighted by molar-refractivity contribution is 6.13. The molecule has 0 unspecified atom stereocenters. The van der Waals surface area contributed by atoms with E-state index in [1.807, 2.05) is 0 Å². The zero-order valence-electron chi connectivity index (χ0n) is 23.7. The average Bonchev–Trinajstić information content (AvgIpc) is 3.21. The van der Waals surface area contributed by atoms with Gasteiger partial charge in [0.25, 0.3) is 11.8 Å². The zero-order valence-corrected chi connectivity index (χ0v) is 23.7. The molecule has 0 radical (unpaired) electrons. The topological polar surface area (TPSA) is 57.7 Å². The van der Waals surface area contributed by atoms with E-state index in [0.717, 1.165) is 24.3 Å². The van der Waals surface area contributed by atoms with E-state index >= 15 is 0 Å². The molecule has 0 spiro atoms. The first-order valence-electron chi connectivity index (χ1n) is 15.5. The number of imide groups is 1. The third-order valence-corrected chi connectivity index (χ3v) is 7.34. The van der Waals surface area contributed by atoms with Gasteiger partial charge < -0.3 is 0 Å². The number of amides is 3. The highest BCUT2D eigenvalue weighted by atomic mass is 16.2. The van der Waals surface area contributed by atoms with E-state index in [1.54, 1.807) is 6.92 Å². The fraction of sp³-hybridized carbons (Fsp3) is 0.839. The minimum atomic E-state index is -0.416. The third kappa shape index (κ3) is 15.5. The molecule has 0 saturated carbocycles. The second kappa shape index (κ2) is 22.5. The molecule has 5 nitrogen and oxygen atoms in total. The molecule has 36 heavy (non-hydrogen) atoms. The summed E-state index contributed by atoms with van der Waals surface area (Å²) in [4.78, 5) is 36.0. The quantitative estimate of drug-likeness (QED) is 0.0923. The van der Waals surface area contributed by atoms with Crippen LogP contribution in [-0.4, -0.2) is 34.3 Å². The SMILES string of the molecule is CCCCCCCCCCCCCCCCCCCCCCCCN(C(=O)CC)N1C(=O)C=CC1=O. The largest absolute Gasteiger partial charge is 0.273 e. The van der Waals surface area contributed by atoms with E-state index < -0.39 is 11.8 Å². The molecular weight excluding hydrogens is 448 g/mol. The zero-order chi connectivity index (χ0) is 26.3. The van der Waals surface area contributed by atoms with Crippen LogP contribution in [-0.2, 0) is 14.4 Å². The standard InChI is InChI=1S/C31H56N2O3/c1-3-5-6-7-8-9-10-11-12-13-14-15-16-17-18-19-20-21-22-23-24-25-28-32(29(34)4-2)33-30(35)26-27-31(33)36/h26-27H,3-25,28H2,1-2H3. The predicted octanol–water partition coefficient (Wildman–Crippen LogP) is 8.67. The molecule has 0 aromatic rings. The molecule has 0 N–H and O–H groups in total. The smallest absolute Gasteiger partial charge is 0.272 e. The summed E-state index contributed by atoms with van der Waals surface area (Å²) in [6, 6.07) is 0. The number of hydrogen-bond donors (Lipinski definition) is 0. The molecule has 5 heteroatoms. The van der Waals surface area contributed by atoms with Crippen molar-refractivity contribution in [3.05, 3.63) is 12.2 Å². The first-order valence-corrected chi connectivity index (χ1v) is 15.5. The van der Waals surface area contributed by atoms with Crippen molar-refractivity contribution in [2.75, 3.05) is 6.54 Å². The predicted molar refractivity (Wildman–Crippen MR) is 150 cm³/mol. The van der Waals surface area contributed by atoms with Crippen molar-refractivity contribution in [1.82, 2.24) is 10.0 Å². The fourth-order valence-corrected chi connectivity index (χ4v) is 5.02. The van der Waals surface area contributed by atoms with E-state index in [9.17, 15) is 14.4 Å². The summed E-state index contributed by atoms with van der Waals surface area (Å²) in [5.74, 6) is -1.01. The van der Waals surface area contributed by atoms with Crippen molar-refractivity contribution in [2.45, 2.75) is 162 Å². The number of unbranched alkanes of at least 4 members (excludes halogenated alkanes) is 21. The van der Waals surface area contributed by atoms with Gasteiger partial charge in [-0.05, 0) is 6.42 Å². The Kier molecular flexibility index (Phi) is 20.3. The second-order valence-electron chi connectivity index (χ2n) is 10.6. The van der Waals surface area contributed by atoms with Crippen molar-refractivity contribution >= 4 is 17.7 Å². The average molecular weight is 505 g/mol. The highest BCUT2D eigenvalue weighted by Crippen LogP contribution is 2.16. The molecule has 1 heterocycles. The summed E-state index contributed by atoms with van der Waals surface area (Å²) >= 11 is 0. The molecule has 0 bridgehead atoms. The van der Waals surface area contributed by atoms with Gasteiger partial charge in [-0.2, -0.15) is 5.01 Å². The first kappa shape index (κ1) is 32.4. The van der Waals surface area contributed by atoms with E-state index in [0.29, 0.717) is 6.54 Å². The number of hydrogen-bond acceptors (Lipinski definition) is 3. The normalized spacial score (nSPS) is 13.2. The van der Waals surface area contributed by atoms with Gasteiger partial charge in [0, 0.05) is 25.1 Å². The van der Waals surface area contributed by atoms with Crippen molar-refractivity contribution in [1.29, 1.82) is 0 Å². The Hall–Kier alpha value is -1.65. The Morgan fingerprint density at radius 2 is 0.861 bits per heavy atom. The molecule has 0 saturated heterocycles. The Labute approximate surface area is 222 Å². The molecule has 0 aliphatic carbocycles. The van der Waals surface area contributed by atoms with Crippen LogP contribution in [0, 0.1) is 0 Å². The Morgan fingerprint density at radius 3 is 1.17 bits per heavy atom. The third-order valence-electron chi connectivity index (χ3n) is 7.34. The minimum absolute atomic E-state index is 0.177. The van der Waals surface area contributed by atoms with Crippen LogP contribution in [0.2, 0.25) is 0 Å². The van der Waals surface area contributed by atoms with Crippen LogP contribution in [0.25, 0.3) is 0 Å². The van der Waals surface area contributed by atoms with Crippen LogP contribution in [0.1, 0.15) is 162 Å². The van der Waals surface area contributed by atoms with Crippen LogP contribution < -0.4 is 0 Å². The van der Waals surface area contributed by atoms with Gasteiger partial charge in [-0.25, -0.2) is 5.01 Å². The fourth-order valence-electron chi connectivity index (χ4n) is 5.02. The molecule has 208 valence electrons. The lowest BCUT2D eigenvalue weighted by Gasteiger charge is -2.29. The monoisotopic (exact) mass is 504 g/mol. The molecule has 1 rings (SSSR count). The summed E-state index contributed by atoms with van der Waals surface area (Å²) in [5.41, 5.74) is 0. The number of hydrazine groups is 1.